The van der Waals surface area contributed by atoms with E-state index in [-0.39, 0.29) is 18.0 Å². The Hall–Kier alpha value is -0.420. The number of cyclic esters (lactones) is 1. The zero-order chi connectivity index (χ0) is 12.5. The topological polar surface area (TPSA) is 43.4 Å². The lowest BCUT2D eigenvalue weighted by atomic mass is 9.92. The molecule has 98 valence electrons. The predicted octanol–water partition coefficient (Wildman–Crippen LogP) is 2.26. The first kappa shape index (κ1) is 12.6. The van der Waals surface area contributed by atoms with Crippen LogP contribution in [0.15, 0.2) is 12.2 Å². The van der Waals surface area contributed by atoms with Crippen molar-refractivity contribution in [1.29, 1.82) is 0 Å². The third-order valence-corrected chi connectivity index (χ3v) is 7.00. The molecule has 2 aliphatic heterocycles. The van der Waals surface area contributed by atoms with Crippen molar-refractivity contribution >= 4 is 35.3 Å². The number of Topliss-reactive ketones (excluding diaryl/α,β-unsaturated/α-hetero) is 1. The smallest absolute Gasteiger partial charge is 0.331 e. The highest BCUT2D eigenvalue weighted by molar-refractivity contribution is 8.17. The Kier molecular flexibility index (Phi) is 3.71. The first-order valence-electron chi connectivity index (χ1n) is 6.38. The molecule has 0 spiro atoms. The Balaban J connectivity index is 1.72. The van der Waals surface area contributed by atoms with Crippen LogP contribution in [-0.4, -0.2) is 33.9 Å². The maximum absolute atomic E-state index is 11.8. The van der Waals surface area contributed by atoms with E-state index in [0.717, 1.165) is 0 Å². The van der Waals surface area contributed by atoms with E-state index in [9.17, 15) is 9.59 Å². The SMILES string of the molecule is O=C1C[C@@H]([C@@H]2C=CC(=O)O2)[C@H](C2SCCCS2)C1. The summed E-state index contributed by atoms with van der Waals surface area (Å²) in [6, 6.07) is 0. The molecule has 1 saturated heterocycles. The van der Waals surface area contributed by atoms with Gasteiger partial charge in [-0.1, -0.05) is 0 Å². The van der Waals surface area contributed by atoms with Gasteiger partial charge in [0.05, 0.1) is 4.58 Å². The first-order chi connectivity index (χ1) is 8.74. The molecule has 0 unspecified atom stereocenters. The van der Waals surface area contributed by atoms with Crippen LogP contribution >= 0.6 is 23.5 Å². The fourth-order valence-corrected chi connectivity index (χ4v) is 6.26. The van der Waals surface area contributed by atoms with Gasteiger partial charge >= 0.3 is 5.97 Å². The summed E-state index contributed by atoms with van der Waals surface area (Å²) in [5.41, 5.74) is 0. The second kappa shape index (κ2) is 5.29. The van der Waals surface area contributed by atoms with E-state index in [4.69, 9.17) is 4.74 Å². The lowest BCUT2D eigenvalue weighted by Crippen LogP contribution is -2.30. The van der Waals surface area contributed by atoms with Crippen molar-refractivity contribution in [2.24, 2.45) is 11.8 Å². The number of rotatable bonds is 2. The Morgan fingerprint density at radius 2 is 1.83 bits per heavy atom. The average molecular weight is 284 g/mol. The first-order valence-corrected chi connectivity index (χ1v) is 8.47. The van der Waals surface area contributed by atoms with Crippen molar-refractivity contribution in [2.75, 3.05) is 11.5 Å². The monoisotopic (exact) mass is 284 g/mol. The molecule has 2 heterocycles. The summed E-state index contributed by atoms with van der Waals surface area (Å²) in [7, 11) is 0. The van der Waals surface area contributed by atoms with Gasteiger partial charge in [0.1, 0.15) is 11.9 Å². The number of carbonyl (C=O) groups excluding carboxylic acids is 2. The zero-order valence-corrected chi connectivity index (χ0v) is 11.7. The highest BCUT2D eigenvalue weighted by Gasteiger charge is 2.44. The third kappa shape index (κ3) is 2.48. The molecule has 0 radical (unpaired) electrons. The average Bonchev–Trinajstić information content (AvgIpc) is 2.96. The quantitative estimate of drug-likeness (QED) is 0.728. The highest BCUT2D eigenvalue weighted by atomic mass is 32.2. The van der Waals surface area contributed by atoms with E-state index in [2.05, 4.69) is 0 Å². The fourth-order valence-electron chi connectivity index (χ4n) is 2.94. The van der Waals surface area contributed by atoms with E-state index in [1.54, 1.807) is 0 Å². The summed E-state index contributed by atoms with van der Waals surface area (Å²) in [6.07, 6.45) is 5.65. The van der Waals surface area contributed by atoms with Gasteiger partial charge in [0.2, 0.25) is 0 Å². The molecule has 1 saturated carbocycles. The van der Waals surface area contributed by atoms with Gasteiger partial charge in [0.25, 0.3) is 0 Å². The third-order valence-electron chi connectivity index (χ3n) is 3.78. The van der Waals surface area contributed by atoms with E-state index in [1.807, 2.05) is 29.6 Å². The maximum atomic E-state index is 11.8. The molecule has 3 aliphatic rings. The Labute approximate surface area is 115 Å². The molecule has 3 rings (SSSR count). The normalized spacial score (nSPS) is 37.2. The van der Waals surface area contributed by atoms with Crippen LogP contribution in [0.1, 0.15) is 19.3 Å². The van der Waals surface area contributed by atoms with Crippen molar-refractivity contribution in [2.45, 2.75) is 29.9 Å². The van der Waals surface area contributed by atoms with E-state index in [1.165, 1.54) is 24.0 Å². The molecule has 1 aliphatic carbocycles. The van der Waals surface area contributed by atoms with Gasteiger partial charge in [-0.15, -0.1) is 23.5 Å². The number of ether oxygens (including phenoxy) is 1. The van der Waals surface area contributed by atoms with Crippen LogP contribution in [-0.2, 0) is 14.3 Å². The summed E-state index contributed by atoms with van der Waals surface area (Å²) in [4.78, 5) is 22.9. The highest BCUT2D eigenvalue weighted by Crippen LogP contribution is 2.46. The van der Waals surface area contributed by atoms with Gasteiger partial charge in [0.15, 0.2) is 0 Å². The predicted molar refractivity (Wildman–Crippen MR) is 73.6 cm³/mol. The van der Waals surface area contributed by atoms with Crippen LogP contribution in [0.3, 0.4) is 0 Å². The van der Waals surface area contributed by atoms with Crippen LogP contribution in [0.25, 0.3) is 0 Å². The minimum atomic E-state index is -0.262. The second-order valence-corrected chi connectivity index (χ2v) is 7.80. The molecule has 0 N–H and O–H groups in total. The van der Waals surface area contributed by atoms with E-state index >= 15 is 0 Å². The molecule has 0 amide bonds. The van der Waals surface area contributed by atoms with Crippen LogP contribution < -0.4 is 0 Å². The molecule has 5 heteroatoms. The molecule has 3 atom stereocenters. The molecule has 0 aromatic rings. The Morgan fingerprint density at radius 1 is 1.11 bits per heavy atom. The molecule has 2 fully saturated rings. The molecule has 3 nitrogen and oxygen atoms in total. The summed E-state index contributed by atoms with van der Waals surface area (Å²) in [6.45, 7) is 0. The molecular formula is C13H16O3S2. The molecule has 0 bridgehead atoms. The minimum absolute atomic E-state index is 0.169. The number of hydrogen-bond donors (Lipinski definition) is 0. The van der Waals surface area contributed by atoms with Crippen LogP contribution in [0.2, 0.25) is 0 Å². The molecule has 18 heavy (non-hydrogen) atoms. The number of hydrogen-bond acceptors (Lipinski definition) is 5. The van der Waals surface area contributed by atoms with Crippen LogP contribution in [0.5, 0.6) is 0 Å². The maximum Gasteiger partial charge on any atom is 0.331 e. The van der Waals surface area contributed by atoms with Gasteiger partial charge in [0, 0.05) is 24.8 Å². The number of ketones is 1. The van der Waals surface area contributed by atoms with Crippen LogP contribution in [0.4, 0.5) is 0 Å². The van der Waals surface area contributed by atoms with Gasteiger partial charge < -0.3 is 4.74 Å². The zero-order valence-electron chi connectivity index (χ0n) is 10.0. The largest absolute Gasteiger partial charge is 0.455 e. The second-order valence-electron chi connectivity index (χ2n) is 5.00. The van der Waals surface area contributed by atoms with Crippen molar-refractivity contribution in [3.63, 3.8) is 0 Å². The Morgan fingerprint density at radius 3 is 2.50 bits per heavy atom. The number of carbonyl (C=O) groups is 2. The molecule has 0 aromatic carbocycles. The molecular weight excluding hydrogens is 268 g/mol. The standard InChI is InChI=1S/C13H16O3S2/c14-8-6-9(11-2-3-12(15)16-11)10(7-8)13-17-4-1-5-18-13/h2-3,9-11,13H,1,4-7H2/t9-,10-,11+/m1/s1. The van der Waals surface area contributed by atoms with Gasteiger partial charge in [-0.25, -0.2) is 4.79 Å². The number of esters is 1. The van der Waals surface area contributed by atoms with Gasteiger partial charge in [-0.2, -0.15) is 0 Å². The summed E-state index contributed by atoms with van der Waals surface area (Å²) >= 11 is 3.94. The van der Waals surface area contributed by atoms with Crippen molar-refractivity contribution in [3.05, 3.63) is 12.2 Å². The summed E-state index contributed by atoms with van der Waals surface area (Å²) < 4.78 is 5.80. The minimum Gasteiger partial charge on any atom is -0.455 e. The van der Waals surface area contributed by atoms with Gasteiger partial charge in [-0.3, -0.25) is 4.79 Å². The summed E-state index contributed by atoms with van der Waals surface area (Å²) in [5.74, 6) is 3.01. The van der Waals surface area contributed by atoms with Crippen molar-refractivity contribution in [1.82, 2.24) is 0 Å². The van der Waals surface area contributed by atoms with Crippen molar-refractivity contribution < 1.29 is 14.3 Å². The van der Waals surface area contributed by atoms with Crippen molar-refractivity contribution in [3.8, 4) is 0 Å². The fraction of sp³-hybridized carbons (Fsp3) is 0.692. The lowest BCUT2D eigenvalue weighted by Gasteiger charge is -2.31. The molecule has 0 aromatic heterocycles. The van der Waals surface area contributed by atoms with Crippen LogP contribution in [0, 0.1) is 11.8 Å². The summed E-state index contributed by atoms with van der Waals surface area (Å²) in [5, 5.41) is 0. The van der Waals surface area contributed by atoms with E-state index < -0.39 is 0 Å². The number of thioether (sulfide) groups is 2. The van der Waals surface area contributed by atoms with E-state index in [0.29, 0.717) is 29.1 Å². The van der Waals surface area contributed by atoms with Gasteiger partial charge in [-0.05, 0) is 29.9 Å². The lowest BCUT2D eigenvalue weighted by molar-refractivity contribution is -0.141. The Bertz CT molecular complexity index is 388.